The Labute approximate surface area is 193 Å². The Morgan fingerprint density at radius 3 is 2.78 bits per heavy atom. The van der Waals surface area contributed by atoms with Gasteiger partial charge in [-0.25, -0.2) is 10.4 Å². The zero-order valence-electron chi connectivity index (χ0n) is 19.0. The van der Waals surface area contributed by atoms with Crippen molar-refractivity contribution in [1.82, 2.24) is 15.4 Å². The first-order valence-corrected chi connectivity index (χ1v) is 11.8. The zero-order chi connectivity index (χ0) is 22.9. The van der Waals surface area contributed by atoms with Crippen LogP contribution in [0.3, 0.4) is 0 Å². The Balaban J connectivity index is 1.65. The summed E-state index contributed by atoms with van der Waals surface area (Å²) < 4.78 is 11.5. The first-order chi connectivity index (χ1) is 15.5. The molecule has 0 aliphatic heterocycles. The van der Waals surface area contributed by atoms with Crippen molar-refractivity contribution in [3.8, 4) is 11.5 Å². The molecule has 32 heavy (non-hydrogen) atoms. The molecule has 0 bridgehead atoms. The predicted octanol–water partition coefficient (Wildman–Crippen LogP) is 5.40. The van der Waals surface area contributed by atoms with Crippen LogP contribution in [0.15, 0.2) is 46.7 Å². The van der Waals surface area contributed by atoms with Gasteiger partial charge in [-0.2, -0.15) is 5.10 Å². The zero-order valence-corrected chi connectivity index (χ0v) is 19.8. The molecule has 7 nitrogen and oxygen atoms in total. The molecule has 3 rings (SSSR count). The van der Waals surface area contributed by atoms with Gasteiger partial charge in [-0.15, -0.1) is 0 Å². The minimum absolute atomic E-state index is 0.291. The number of hydrogen-bond acceptors (Lipinski definition) is 6. The van der Waals surface area contributed by atoms with Crippen LogP contribution in [0, 0.1) is 0 Å². The third kappa shape index (κ3) is 6.50. The number of imidazole rings is 1. The molecule has 0 fully saturated rings. The van der Waals surface area contributed by atoms with Gasteiger partial charge in [0.05, 0.1) is 30.5 Å². The fourth-order valence-electron chi connectivity index (χ4n) is 2.96. The molecule has 0 saturated carbocycles. The molecular formula is C24H30N4O3S. The van der Waals surface area contributed by atoms with E-state index in [-0.39, 0.29) is 5.91 Å². The van der Waals surface area contributed by atoms with Gasteiger partial charge in [0, 0.05) is 10.8 Å². The number of aromatic nitrogens is 2. The summed E-state index contributed by atoms with van der Waals surface area (Å²) >= 11 is 1.65. The van der Waals surface area contributed by atoms with Crippen molar-refractivity contribution < 1.29 is 14.3 Å². The molecular weight excluding hydrogens is 424 g/mol. The summed E-state index contributed by atoms with van der Waals surface area (Å²) in [5, 5.41) is 5.37. The molecule has 0 aliphatic rings. The smallest absolute Gasteiger partial charge is 0.271 e. The van der Waals surface area contributed by atoms with E-state index in [0.717, 1.165) is 34.6 Å². The Kier molecular flexibility index (Phi) is 8.56. The molecule has 0 aliphatic carbocycles. The van der Waals surface area contributed by atoms with Crippen molar-refractivity contribution >= 4 is 34.9 Å². The molecule has 0 atom stereocenters. The number of aromatic amines is 1. The molecule has 170 valence electrons. The number of H-pyrrole nitrogens is 1. The van der Waals surface area contributed by atoms with Crippen LogP contribution >= 0.6 is 11.8 Å². The van der Waals surface area contributed by atoms with E-state index in [4.69, 9.17) is 9.47 Å². The SMILES string of the molecule is CCCCOc1ccc(/C=N\NC(=O)c2ccc3nc(SC(C)C)[nH]c3c2)cc1OCC. The summed E-state index contributed by atoms with van der Waals surface area (Å²) in [5.74, 6) is 1.09. The normalized spacial score (nSPS) is 11.4. The second-order valence-corrected chi connectivity index (χ2v) is 9.05. The van der Waals surface area contributed by atoms with Crippen molar-refractivity contribution in [2.24, 2.45) is 5.10 Å². The van der Waals surface area contributed by atoms with E-state index < -0.39 is 0 Å². The Morgan fingerprint density at radius 1 is 1.19 bits per heavy atom. The first-order valence-electron chi connectivity index (χ1n) is 10.9. The summed E-state index contributed by atoms with van der Waals surface area (Å²) in [4.78, 5) is 20.3. The van der Waals surface area contributed by atoms with Crippen LogP contribution in [0.4, 0.5) is 0 Å². The number of carbonyl (C=O) groups is 1. The molecule has 1 amide bonds. The summed E-state index contributed by atoms with van der Waals surface area (Å²) in [7, 11) is 0. The molecule has 1 heterocycles. The average molecular weight is 455 g/mol. The van der Waals surface area contributed by atoms with Gasteiger partial charge >= 0.3 is 0 Å². The minimum Gasteiger partial charge on any atom is -0.490 e. The Morgan fingerprint density at radius 2 is 2.03 bits per heavy atom. The fraction of sp³-hybridized carbons (Fsp3) is 0.375. The maximum atomic E-state index is 12.5. The second-order valence-electron chi connectivity index (χ2n) is 7.48. The molecule has 2 N–H and O–H groups in total. The van der Waals surface area contributed by atoms with E-state index >= 15 is 0 Å². The van der Waals surface area contributed by atoms with Crippen molar-refractivity contribution in [3.63, 3.8) is 0 Å². The third-order valence-corrected chi connectivity index (χ3v) is 5.36. The molecule has 0 spiro atoms. The number of hydrogen-bond donors (Lipinski definition) is 2. The topological polar surface area (TPSA) is 88.6 Å². The number of hydrazone groups is 1. The summed E-state index contributed by atoms with van der Waals surface area (Å²) in [6, 6.07) is 11.0. The lowest BCUT2D eigenvalue weighted by Gasteiger charge is -2.12. The van der Waals surface area contributed by atoms with Crippen LogP contribution in [-0.4, -0.2) is 40.6 Å². The maximum Gasteiger partial charge on any atom is 0.271 e. The monoisotopic (exact) mass is 454 g/mol. The van der Waals surface area contributed by atoms with Crippen LogP contribution in [0.1, 0.15) is 56.5 Å². The third-order valence-electron chi connectivity index (χ3n) is 4.47. The second kappa shape index (κ2) is 11.6. The van der Waals surface area contributed by atoms with Crippen LogP contribution in [-0.2, 0) is 0 Å². The summed E-state index contributed by atoms with van der Waals surface area (Å²) in [5.41, 5.74) is 5.54. The number of nitrogens with one attached hydrogen (secondary N) is 2. The largest absolute Gasteiger partial charge is 0.490 e. The van der Waals surface area contributed by atoms with Crippen LogP contribution in [0.25, 0.3) is 11.0 Å². The van der Waals surface area contributed by atoms with Crippen molar-refractivity contribution in [2.45, 2.75) is 50.9 Å². The number of rotatable bonds is 11. The highest BCUT2D eigenvalue weighted by atomic mass is 32.2. The average Bonchev–Trinajstić information content (AvgIpc) is 3.16. The number of thioether (sulfide) groups is 1. The van der Waals surface area contributed by atoms with Gasteiger partial charge in [0.25, 0.3) is 5.91 Å². The predicted molar refractivity (Wildman–Crippen MR) is 130 cm³/mol. The highest BCUT2D eigenvalue weighted by Crippen LogP contribution is 2.28. The number of nitrogens with zero attached hydrogens (tertiary/aromatic N) is 2. The van der Waals surface area contributed by atoms with Crippen LogP contribution in [0.2, 0.25) is 0 Å². The summed E-state index contributed by atoms with van der Waals surface area (Å²) in [6.07, 6.45) is 3.64. The van der Waals surface area contributed by atoms with Crippen LogP contribution in [0.5, 0.6) is 11.5 Å². The van der Waals surface area contributed by atoms with Gasteiger partial charge in [-0.1, -0.05) is 39.0 Å². The van der Waals surface area contributed by atoms with Gasteiger partial charge in [-0.05, 0) is 55.3 Å². The van der Waals surface area contributed by atoms with Crippen molar-refractivity contribution in [1.29, 1.82) is 0 Å². The number of benzene rings is 2. The minimum atomic E-state index is -0.291. The number of amides is 1. The lowest BCUT2D eigenvalue weighted by Crippen LogP contribution is -2.17. The van der Waals surface area contributed by atoms with Crippen molar-refractivity contribution in [3.05, 3.63) is 47.5 Å². The molecule has 0 unspecified atom stereocenters. The number of unbranched alkanes of at least 4 members (excludes halogenated alkanes) is 1. The van der Waals surface area contributed by atoms with E-state index in [1.165, 1.54) is 0 Å². The molecule has 0 saturated heterocycles. The van der Waals surface area contributed by atoms with Crippen LogP contribution < -0.4 is 14.9 Å². The standard InChI is InChI=1S/C24H30N4O3S/c1-5-7-12-31-21-11-8-17(13-22(21)30-6-2)15-25-28-23(29)18-9-10-19-20(14-18)27-24(26-19)32-16(3)4/h8-11,13-16H,5-7,12H2,1-4H3,(H,26,27)(H,28,29)/b25-15-. The summed E-state index contributed by atoms with van der Waals surface area (Å²) in [6.45, 7) is 9.46. The maximum absolute atomic E-state index is 12.5. The quantitative estimate of drug-likeness (QED) is 0.175. The highest BCUT2D eigenvalue weighted by Gasteiger charge is 2.10. The number of carbonyl (C=O) groups excluding carboxylic acids is 1. The number of ether oxygens (including phenoxy) is 2. The van der Waals surface area contributed by atoms with E-state index in [1.807, 2.05) is 31.2 Å². The van der Waals surface area contributed by atoms with Crippen molar-refractivity contribution in [2.75, 3.05) is 13.2 Å². The molecule has 1 aromatic heterocycles. The molecule has 3 aromatic rings. The first kappa shape index (κ1) is 23.7. The van der Waals surface area contributed by atoms with Gasteiger partial charge in [0.1, 0.15) is 0 Å². The van der Waals surface area contributed by atoms with Gasteiger partial charge in [0.2, 0.25) is 0 Å². The fourth-order valence-corrected chi connectivity index (χ4v) is 3.72. The van der Waals surface area contributed by atoms with E-state index in [0.29, 0.717) is 35.5 Å². The van der Waals surface area contributed by atoms with E-state index in [2.05, 4.69) is 41.3 Å². The lowest BCUT2D eigenvalue weighted by molar-refractivity contribution is 0.0955. The van der Waals surface area contributed by atoms with Gasteiger partial charge in [0.15, 0.2) is 16.7 Å². The van der Waals surface area contributed by atoms with Gasteiger partial charge < -0.3 is 14.5 Å². The van der Waals surface area contributed by atoms with Gasteiger partial charge in [-0.3, -0.25) is 4.79 Å². The number of fused-ring (bicyclic) bond motifs is 1. The molecule has 0 radical (unpaired) electrons. The Hall–Kier alpha value is -3.00. The highest BCUT2D eigenvalue weighted by molar-refractivity contribution is 7.99. The molecule has 2 aromatic carbocycles. The Bertz CT molecular complexity index is 1080. The molecule has 8 heteroatoms. The van der Waals surface area contributed by atoms with E-state index in [9.17, 15) is 4.79 Å². The lowest BCUT2D eigenvalue weighted by atomic mass is 10.2. The van der Waals surface area contributed by atoms with E-state index in [1.54, 1.807) is 30.1 Å².